The standard InChI is InChI=1S/C20H24N4OS/c1-4-26-11-7-10-21-20-22-13-15-12-17(16-9-6-5-8-14(16)2)19(25)24(3)18(15)23-20/h5-6,8-9,12-13H,4,7,10-11H2,1-3H3,(H,21,22,23). The predicted octanol–water partition coefficient (Wildman–Crippen LogP) is 3.86. The van der Waals surface area contributed by atoms with Crippen LogP contribution in [0.1, 0.15) is 18.9 Å². The van der Waals surface area contributed by atoms with Gasteiger partial charge in [-0.25, -0.2) is 4.98 Å². The van der Waals surface area contributed by atoms with E-state index in [9.17, 15) is 4.79 Å². The van der Waals surface area contributed by atoms with Crippen LogP contribution in [-0.2, 0) is 7.05 Å². The third kappa shape index (κ3) is 3.90. The molecule has 0 fully saturated rings. The van der Waals surface area contributed by atoms with E-state index in [4.69, 9.17) is 0 Å². The van der Waals surface area contributed by atoms with Crippen LogP contribution in [-0.4, -0.2) is 32.6 Å². The van der Waals surface area contributed by atoms with Gasteiger partial charge in [0.15, 0.2) is 0 Å². The number of nitrogens with zero attached hydrogens (tertiary/aromatic N) is 3. The van der Waals surface area contributed by atoms with Crippen LogP contribution in [0.3, 0.4) is 0 Å². The minimum atomic E-state index is -0.0456. The van der Waals surface area contributed by atoms with Gasteiger partial charge in [0.25, 0.3) is 5.56 Å². The Kier molecular flexibility index (Phi) is 5.93. The molecule has 2 heterocycles. The summed E-state index contributed by atoms with van der Waals surface area (Å²) in [6, 6.07) is 9.81. The summed E-state index contributed by atoms with van der Waals surface area (Å²) in [4.78, 5) is 21.8. The fourth-order valence-corrected chi connectivity index (χ4v) is 3.56. The second-order valence-electron chi connectivity index (χ2n) is 6.19. The zero-order valence-corrected chi connectivity index (χ0v) is 16.3. The molecule has 0 saturated carbocycles. The second-order valence-corrected chi connectivity index (χ2v) is 7.58. The number of aryl methyl sites for hydroxylation is 2. The molecule has 1 aromatic carbocycles. The largest absolute Gasteiger partial charge is 0.354 e. The van der Waals surface area contributed by atoms with Crippen molar-refractivity contribution >= 4 is 28.7 Å². The molecule has 5 nitrogen and oxygen atoms in total. The molecule has 0 aliphatic heterocycles. The number of benzene rings is 1. The Balaban J connectivity index is 1.92. The Hall–Kier alpha value is -2.34. The van der Waals surface area contributed by atoms with Gasteiger partial charge in [0.1, 0.15) is 5.65 Å². The number of hydrogen-bond donors (Lipinski definition) is 1. The summed E-state index contributed by atoms with van der Waals surface area (Å²) < 4.78 is 1.61. The van der Waals surface area contributed by atoms with Gasteiger partial charge in [0.2, 0.25) is 5.95 Å². The van der Waals surface area contributed by atoms with Crippen molar-refractivity contribution < 1.29 is 0 Å². The van der Waals surface area contributed by atoms with E-state index in [1.165, 1.54) is 0 Å². The normalized spacial score (nSPS) is 11.0. The van der Waals surface area contributed by atoms with E-state index in [0.29, 0.717) is 17.2 Å². The van der Waals surface area contributed by atoms with Crippen LogP contribution in [0.2, 0.25) is 0 Å². The molecule has 2 aromatic heterocycles. The van der Waals surface area contributed by atoms with Gasteiger partial charge in [-0.3, -0.25) is 9.36 Å². The third-order valence-electron chi connectivity index (χ3n) is 4.34. The van der Waals surface area contributed by atoms with Gasteiger partial charge in [0.05, 0.1) is 0 Å². The third-order valence-corrected chi connectivity index (χ3v) is 5.32. The van der Waals surface area contributed by atoms with Crippen molar-refractivity contribution in [1.82, 2.24) is 14.5 Å². The first kappa shape index (κ1) is 18.5. The molecule has 0 saturated heterocycles. The maximum atomic E-state index is 12.9. The molecule has 0 aliphatic rings. The first-order chi connectivity index (χ1) is 12.6. The Labute approximate surface area is 157 Å². The van der Waals surface area contributed by atoms with E-state index < -0.39 is 0 Å². The number of thioether (sulfide) groups is 1. The monoisotopic (exact) mass is 368 g/mol. The lowest BCUT2D eigenvalue weighted by Crippen LogP contribution is -2.20. The van der Waals surface area contributed by atoms with Crippen molar-refractivity contribution in [3.8, 4) is 11.1 Å². The Morgan fingerprint density at radius 1 is 1.23 bits per heavy atom. The fourth-order valence-electron chi connectivity index (χ4n) is 2.92. The molecule has 136 valence electrons. The molecule has 1 N–H and O–H groups in total. The van der Waals surface area contributed by atoms with Crippen LogP contribution in [0.25, 0.3) is 22.2 Å². The first-order valence-electron chi connectivity index (χ1n) is 8.86. The van der Waals surface area contributed by atoms with E-state index in [0.717, 1.165) is 41.0 Å². The van der Waals surface area contributed by atoms with Crippen molar-refractivity contribution in [2.45, 2.75) is 20.3 Å². The number of pyridine rings is 1. The maximum absolute atomic E-state index is 12.9. The van der Waals surface area contributed by atoms with Gasteiger partial charge >= 0.3 is 0 Å². The summed E-state index contributed by atoms with van der Waals surface area (Å²) in [7, 11) is 1.76. The summed E-state index contributed by atoms with van der Waals surface area (Å²) in [5.41, 5.74) is 3.31. The van der Waals surface area contributed by atoms with Gasteiger partial charge in [-0.1, -0.05) is 31.2 Å². The van der Waals surface area contributed by atoms with Crippen LogP contribution in [0.4, 0.5) is 5.95 Å². The fraction of sp³-hybridized carbons (Fsp3) is 0.350. The maximum Gasteiger partial charge on any atom is 0.259 e. The lowest BCUT2D eigenvalue weighted by molar-refractivity contribution is 0.882. The van der Waals surface area contributed by atoms with Gasteiger partial charge in [-0.05, 0) is 42.0 Å². The molecule has 0 spiro atoms. The molecular formula is C20H24N4OS. The molecule has 0 radical (unpaired) electrons. The second kappa shape index (κ2) is 8.36. The molecule has 3 aromatic rings. The molecule has 6 heteroatoms. The van der Waals surface area contributed by atoms with Crippen molar-refractivity contribution in [3.05, 3.63) is 52.4 Å². The quantitative estimate of drug-likeness (QED) is 0.642. The molecule has 0 atom stereocenters. The molecule has 0 aliphatic carbocycles. The average Bonchev–Trinajstić information content (AvgIpc) is 2.65. The molecular weight excluding hydrogens is 344 g/mol. The van der Waals surface area contributed by atoms with E-state index in [-0.39, 0.29) is 5.56 Å². The number of rotatable bonds is 7. The van der Waals surface area contributed by atoms with Crippen molar-refractivity contribution in [1.29, 1.82) is 0 Å². The Bertz CT molecular complexity index is 968. The van der Waals surface area contributed by atoms with E-state index in [1.807, 2.05) is 49.0 Å². The zero-order chi connectivity index (χ0) is 18.5. The smallest absolute Gasteiger partial charge is 0.259 e. The van der Waals surface area contributed by atoms with Crippen molar-refractivity contribution in [2.24, 2.45) is 7.05 Å². The molecule has 0 bridgehead atoms. The lowest BCUT2D eigenvalue weighted by Gasteiger charge is -2.11. The highest BCUT2D eigenvalue weighted by atomic mass is 32.2. The Morgan fingerprint density at radius 3 is 2.81 bits per heavy atom. The van der Waals surface area contributed by atoms with Crippen LogP contribution < -0.4 is 10.9 Å². The summed E-state index contributed by atoms with van der Waals surface area (Å²) in [5.74, 6) is 2.82. The topological polar surface area (TPSA) is 59.8 Å². The van der Waals surface area contributed by atoms with Gasteiger partial charge in [0, 0.05) is 30.7 Å². The summed E-state index contributed by atoms with van der Waals surface area (Å²) in [6.07, 6.45) is 2.84. The number of aromatic nitrogens is 3. The lowest BCUT2D eigenvalue weighted by atomic mass is 10.0. The van der Waals surface area contributed by atoms with Gasteiger partial charge in [-0.15, -0.1) is 0 Å². The van der Waals surface area contributed by atoms with Crippen LogP contribution >= 0.6 is 11.8 Å². The molecule has 26 heavy (non-hydrogen) atoms. The van der Waals surface area contributed by atoms with Crippen LogP contribution in [0.15, 0.2) is 41.3 Å². The average molecular weight is 369 g/mol. The van der Waals surface area contributed by atoms with Crippen molar-refractivity contribution in [2.75, 3.05) is 23.4 Å². The first-order valence-corrected chi connectivity index (χ1v) is 10.0. The highest BCUT2D eigenvalue weighted by Crippen LogP contribution is 2.23. The summed E-state index contributed by atoms with van der Waals surface area (Å²) >= 11 is 1.92. The SMILES string of the molecule is CCSCCCNc1ncc2cc(-c3ccccc3C)c(=O)n(C)c2n1. The zero-order valence-electron chi connectivity index (χ0n) is 15.5. The minimum Gasteiger partial charge on any atom is -0.354 e. The highest BCUT2D eigenvalue weighted by molar-refractivity contribution is 7.99. The Morgan fingerprint density at radius 2 is 2.04 bits per heavy atom. The number of hydrogen-bond acceptors (Lipinski definition) is 5. The van der Waals surface area contributed by atoms with Crippen LogP contribution in [0, 0.1) is 6.92 Å². The van der Waals surface area contributed by atoms with E-state index in [2.05, 4.69) is 22.2 Å². The van der Waals surface area contributed by atoms with Crippen LogP contribution in [0.5, 0.6) is 0 Å². The van der Waals surface area contributed by atoms with E-state index >= 15 is 0 Å². The van der Waals surface area contributed by atoms with Gasteiger partial charge < -0.3 is 5.32 Å². The number of anilines is 1. The van der Waals surface area contributed by atoms with Gasteiger partial charge in [-0.2, -0.15) is 16.7 Å². The predicted molar refractivity (Wildman–Crippen MR) is 111 cm³/mol. The summed E-state index contributed by atoms with van der Waals surface area (Å²) in [6.45, 7) is 5.00. The highest BCUT2D eigenvalue weighted by Gasteiger charge is 2.12. The molecule has 0 unspecified atom stereocenters. The molecule has 3 rings (SSSR count). The van der Waals surface area contributed by atoms with E-state index in [1.54, 1.807) is 17.8 Å². The summed E-state index contributed by atoms with van der Waals surface area (Å²) in [5, 5.41) is 4.11. The molecule has 0 amide bonds. The minimum absolute atomic E-state index is 0.0456. The van der Waals surface area contributed by atoms with Crippen molar-refractivity contribution in [3.63, 3.8) is 0 Å². The number of fused-ring (bicyclic) bond motifs is 1. The number of nitrogens with one attached hydrogen (secondary N) is 1.